The highest BCUT2D eigenvalue weighted by molar-refractivity contribution is 5.75. The first-order chi connectivity index (χ1) is 17.7. The van der Waals surface area contributed by atoms with E-state index in [0.29, 0.717) is 5.75 Å². The summed E-state index contributed by atoms with van der Waals surface area (Å²) in [6, 6.07) is 1.85. The van der Waals surface area contributed by atoms with Crippen LogP contribution < -0.4 is 4.74 Å². The van der Waals surface area contributed by atoms with Crippen LogP contribution in [-0.4, -0.2) is 32.9 Å². The predicted molar refractivity (Wildman–Crippen MR) is 154 cm³/mol. The van der Waals surface area contributed by atoms with Gasteiger partial charge in [-0.2, -0.15) is 0 Å². The Hall–Kier alpha value is -2.24. The Labute approximate surface area is 231 Å². The third kappa shape index (κ3) is 13.0. The molecule has 3 atom stereocenters. The molecule has 0 saturated heterocycles. The minimum Gasteiger partial charge on any atom is -0.508 e. The SMILES string of the molecule is Cc1cc(O)c(C)c2c1O[C@](C)(CCC[C@H](C)CCC[C@H](C)CCCC(C)C)CC2.O=C(O)CCC(=O)O. The van der Waals surface area contributed by atoms with E-state index in [0.717, 1.165) is 53.9 Å². The first kappa shape index (κ1) is 33.8. The number of benzene rings is 1. The van der Waals surface area contributed by atoms with Crippen LogP contribution in [0.25, 0.3) is 0 Å². The van der Waals surface area contributed by atoms with Crippen molar-refractivity contribution in [1.82, 2.24) is 0 Å². The van der Waals surface area contributed by atoms with Crippen LogP contribution in [0.5, 0.6) is 11.5 Å². The molecule has 1 aliphatic heterocycles. The van der Waals surface area contributed by atoms with Gasteiger partial charge in [0.2, 0.25) is 0 Å². The van der Waals surface area contributed by atoms with Gasteiger partial charge in [0.15, 0.2) is 0 Å². The molecule has 0 unspecified atom stereocenters. The molecule has 0 saturated carbocycles. The van der Waals surface area contributed by atoms with Gasteiger partial charge in [-0.1, -0.05) is 72.6 Å². The van der Waals surface area contributed by atoms with Gasteiger partial charge in [-0.25, -0.2) is 0 Å². The number of hydrogen-bond acceptors (Lipinski definition) is 4. The van der Waals surface area contributed by atoms with Crippen LogP contribution in [0.3, 0.4) is 0 Å². The largest absolute Gasteiger partial charge is 0.508 e. The van der Waals surface area contributed by atoms with Gasteiger partial charge in [0.25, 0.3) is 0 Å². The smallest absolute Gasteiger partial charge is 0.303 e. The van der Waals surface area contributed by atoms with Crippen LogP contribution in [0, 0.1) is 31.6 Å². The third-order valence-corrected chi connectivity index (χ3v) is 7.90. The van der Waals surface area contributed by atoms with E-state index in [1.54, 1.807) is 0 Å². The molecule has 1 aromatic rings. The maximum Gasteiger partial charge on any atom is 0.303 e. The number of hydrogen-bond donors (Lipinski definition) is 3. The molecule has 3 N–H and O–H groups in total. The number of rotatable bonds is 15. The molecule has 0 amide bonds. The summed E-state index contributed by atoms with van der Waals surface area (Å²) in [5, 5.41) is 25.9. The summed E-state index contributed by atoms with van der Waals surface area (Å²) in [5.41, 5.74) is 3.20. The quantitative estimate of drug-likeness (QED) is 0.208. The van der Waals surface area contributed by atoms with Crippen molar-refractivity contribution in [2.45, 2.75) is 138 Å². The number of phenols is 1. The van der Waals surface area contributed by atoms with Gasteiger partial charge in [0.05, 0.1) is 12.8 Å². The highest BCUT2D eigenvalue weighted by Gasteiger charge is 2.33. The van der Waals surface area contributed by atoms with Crippen molar-refractivity contribution in [3.8, 4) is 11.5 Å². The molecule has 0 fully saturated rings. The summed E-state index contributed by atoms with van der Waals surface area (Å²) in [6.45, 7) is 15.9. The number of carboxylic acids is 2. The van der Waals surface area contributed by atoms with Crippen molar-refractivity contribution < 1.29 is 29.6 Å². The van der Waals surface area contributed by atoms with E-state index in [1.165, 1.54) is 56.9 Å². The Bertz CT molecular complexity index is 863. The van der Waals surface area contributed by atoms with Crippen molar-refractivity contribution in [2.75, 3.05) is 0 Å². The highest BCUT2D eigenvalue weighted by atomic mass is 16.5. The lowest BCUT2D eigenvalue weighted by Gasteiger charge is -2.37. The fourth-order valence-corrected chi connectivity index (χ4v) is 5.26. The summed E-state index contributed by atoms with van der Waals surface area (Å²) in [4.78, 5) is 19.3. The number of aromatic hydroxyl groups is 1. The molecule has 218 valence electrons. The molecule has 0 bridgehead atoms. The highest BCUT2D eigenvalue weighted by Crippen LogP contribution is 2.42. The molecule has 0 aliphatic carbocycles. The zero-order valence-electron chi connectivity index (χ0n) is 25.1. The van der Waals surface area contributed by atoms with E-state index in [4.69, 9.17) is 14.9 Å². The normalized spacial score (nSPS) is 18.1. The summed E-state index contributed by atoms with van der Waals surface area (Å²) in [6.07, 6.45) is 13.5. The van der Waals surface area contributed by atoms with Crippen LogP contribution in [-0.2, 0) is 16.0 Å². The van der Waals surface area contributed by atoms with Gasteiger partial charge in [-0.15, -0.1) is 0 Å². The first-order valence-corrected chi connectivity index (χ1v) is 14.7. The van der Waals surface area contributed by atoms with Crippen molar-refractivity contribution in [3.05, 3.63) is 22.8 Å². The van der Waals surface area contributed by atoms with E-state index in [1.807, 2.05) is 13.0 Å². The number of aliphatic carboxylic acids is 2. The number of carbonyl (C=O) groups is 2. The Kier molecular flexibility index (Phi) is 14.8. The molecule has 2 rings (SSSR count). The summed E-state index contributed by atoms with van der Waals surface area (Å²) in [5.74, 6) is 1.82. The summed E-state index contributed by atoms with van der Waals surface area (Å²) >= 11 is 0. The maximum absolute atomic E-state index is 10.1. The van der Waals surface area contributed by atoms with Crippen LogP contribution in [0.15, 0.2) is 6.07 Å². The van der Waals surface area contributed by atoms with Gasteiger partial charge in [0, 0.05) is 5.56 Å². The molecule has 6 heteroatoms. The fourth-order valence-electron chi connectivity index (χ4n) is 5.26. The monoisotopic (exact) mass is 534 g/mol. The topological polar surface area (TPSA) is 104 Å². The third-order valence-electron chi connectivity index (χ3n) is 7.90. The molecule has 0 aromatic heterocycles. The van der Waals surface area contributed by atoms with Gasteiger partial charge in [-0.05, 0) is 81.4 Å². The van der Waals surface area contributed by atoms with Gasteiger partial charge in [-0.3, -0.25) is 9.59 Å². The van der Waals surface area contributed by atoms with Crippen LogP contribution in [0.4, 0.5) is 0 Å². The molecule has 38 heavy (non-hydrogen) atoms. The number of fused-ring (bicyclic) bond motifs is 1. The minimum absolute atomic E-state index is 0.0637. The molecular weight excluding hydrogens is 480 g/mol. The van der Waals surface area contributed by atoms with Crippen molar-refractivity contribution >= 4 is 11.9 Å². The number of carboxylic acid groups (broad SMARTS) is 2. The second-order valence-electron chi connectivity index (χ2n) is 12.3. The van der Waals surface area contributed by atoms with E-state index < -0.39 is 11.9 Å². The predicted octanol–water partition coefficient (Wildman–Crippen LogP) is 8.47. The lowest BCUT2D eigenvalue weighted by Crippen LogP contribution is -2.37. The van der Waals surface area contributed by atoms with Gasteiger partial charge < -0.3 is 20.1 Å². The molecule has 0 radical (unpaired) electrons. The van der Waals surface area contributed by atoms with E-state index in [-0.39, 0.29) is 18.4 Å². The fraction of sp³-hybridized carbons (Fsp3) is 0.750. The Balaban J connectivity index is 0.000000781. The number of phenolic OH excluding ortho intramolecular Hbond substituents is 1. The second-order valence-corrected chi connectivity index (χ2v) is 12.3. The van der Waals surface area contributed by atoms with Gasteiger partial charge in [0.1, 0.15) is 17.1 Å². The Morgan fingerprint density at radius 3 is 1.89 bits per heavy atom. The van der Waals surface area contributed by atoms with Crippen molar-refractivity contribution in [2.24, 2.45) is 17.8 Å². The average molecular weight is 535 g/mol. The Morgan fingerprint density at radius 1 is 0.895 bits per heavy atom. The molecule has 6 nitrogen and oxygen atoms in total. The number of ether oxygens (including phenoxy) is 1. The van der Waals surface area contributed by atoms with E-state index >= 15 is 0 Å². The van der Waals surface area contributed by atoms with Crippen LogP contribution in [0.2, 0.25) is 0 Å². The Morgan fingerprint density at radius 2 is 1.39 bits per heavy atom. The molecule has 1 heterocycles. The van der Waals surface area contributed by atoms with E-state index in [9.17, 15) is 14.7 Å². The molecular formula is C32H54O6. The average Bonchev–Trinajstić information content (AvgIpc) is 2.81. The minimum atomic E-state index is -1.08. The zero-order chi connectivity index (χ0) is 28.9. The number of aryl methyl sites for hydroxylation is 1. The molecule has 0 spiro atoms. The molecule has 1 aliphatic rings. The van der Waals surface area contributed by atoms with E-state index in [2.05, 4.69) is 41.5 Å². The first-order valence-electron chi connectivity index (χ1n) is 14.7. The lowest BCUT2D eigenvalue weighted by molar-refractivity contribution is -0.143. The summed E-state index contributed by atoms with van der Waals surface area (Å²) in [7, 11) is 0. The lowest BCUT2D eigenvalue weighted by atomic mass is 9.84. The standard InChI is InChI=1S/C28H48O2.C4H6O4/c1-20(2)11-8-12-21(3)13-9-14-22(4)15-10-17-28(7)18-16-25-24(6)26(29)19-23(5)27(25)30-28;5-3(6)1-2-4(7)8/h19-22,29H,8-18H2,1-7H3;1-2H2,(H,5,6)(H,7,8)/t21-,22-,28-;/m1./s1. The van der Waals surface area contributed by atoms with Crippen LogP contribution >= 0.6 is 0 Å². The van der Waals surface area contributed by atoms with Gasteiger partial charge >= 0.3 is 11.9 Å². The second kappa shape index (κ2) is 16.7. The van der Waals surface area contributed by atoms with Crippen molar-refractivity contribution in [1.29, 1.82) is 0 Å². The zero-order valence-corrected chi connectivity index (χ0v) is 25.1. The van der Waals surface area contributed by atoms with Crippen molar-refractivity contribution in [3.63, 3.8) is 0 Å². The maximum atomic E-state index is 10.1. The molecule has 1 aromatic carbocycles. The van der Waals surface area contributed by atoms with Crippen LogP contribution in [0.1, 0.15) is 128 Å². The summed E-state index contributed by atoms with van der Waals surface area (Å²) < 4.78 is 6.52.